The molecular weight excluding hydrogens is 689 g/mol. The fourth-order valence-corrected chi connectivity index (χ4v) is 8.95. The summed E-state index contributed by atoms with van der Waals surface area (Å²) in [4.78, 5) is 20.4. The van der Waals surface area contributed by atoms with Crippen molar-refractivity contribution in [3.05, 3.63) is 226 Å². The van der Waals surface area contributed by atoms with Crippen molar-refractivity contribution in [2.45, 2.75) is 11.3 Å². The van der Waals surface area contributed by atoms with E-state index in [-0.39, 0.29) is 22.7 Å². The Labute approximate surface area is 322 Å². The number of aliphatic hydroxyl groups excluding tert-OH is 1. The van der Waals surface area contributed by atoms with Crippen LogP contribution in [0, 0.1) is 0 Å². The summed E-state index contributed by atoms with van der Waals surface area (Å²) in [6, 6.07) is 61.1. The van der Waals surface area contributed by atoms with Crippen molar-refractivity contribution in [1.82, 2.24) is 0 Å². The highest BCUT2D eigenvalue weighted by Gasteiger charge is 2.43. The largest absolute Gasteiger partial charge is 0.506 e. The average molecular weight is 723 g/mol. The van der Waals surface area contributed by atoms with Gasteiger partial charge in [0.1, 0.15) is 5.76 Å². The van der Waals surface area contributed by atoms with Crippen LogP contribution in [0.2, 0.25) is 0 Å². The molecule has 4 N–H and O–H groups in total. The highest BCUT2D eigenvalue weighted by molar-refractivity contribution is 6.52. The first-order valence-electron chi connectivity index (χ1n) is 18.8. The molecule has 2 heterocycles. The highest BCUT2D eigenvalue weighted by atomic mass is 16.3. The molecule has 8 aromatic carbocycles. The third-order valence-corrected chi connectivity index (χ3v) is 11.6. The number of nitrogens with zero attached hydrogens (tertiary/aromatic N) is 1. The first-order valence-corrected chi connectivity index (χ1v) is 18.8. The lowest BCUT2D eigenvalue weighted by atomic mass is 9.79. The average Bonchev–Trinajstić information content (AvgIpc) is 3.26. The third-order valence-electron chi connectivity index (χ3n) is 11.6. The van der Waals surface area contributed by atoms with Crippen LogP contribution in [0.5, 0.6) is 0 Å². The van der Waals surface area contributed by atoms with Gasteiger partial charge in [-0.15, -0.1) is 0 Å². The summed E-state index contributed by atoms with van der Waals surface area (Å²) in [5.41, 5.74) is 5.89. The van der Waals surface area contributed by atoms with Gasteiger partial charge in [0.2, 0.25) is 5.78 Å². The monoisotopic (exact) mass is 722 g/mol. The SMILES string of the molecule is O=C1C(c2ccc3cccc4c3c2NC(c2ccccc2)(c2ccccc2)N4)=C(O)/C1=c1\ccc2cccc3c2c1=NC(c1ccccc1)(c1ccccc1)N3. The number of rotatable bonds is 5. The number of carbonyl (C=O) groups is 1. The molecule has 2 aliphatic heterocycles. The maximum Gasteiger partial charge on any atom is 0.201 e. The number of ketones is 1. The zero-order valence-electron chi connectivity index (χ0n) is 30.1. The van der Waals surface area contributed by atoms with Gasteiger partial charge in [0, 0.05) is 55.2 Å². The molecule has 56 heavy (non-hydrogen) atoms. The number of allylic oxidation sites excluding steroid dienone is 2. The maximum absolute atomic E-state index is 14.8. The van der Waals surface area contributed by atoms with E-state index in [4.69, 9.17) is 4.99 Å². The minimum Gasteiger partial charge on any atom is -0.506 e. The summed E-state index contributed by atoms with van der Waals surface area (Å²) < 4.78 is 0. The Morgan fingerprint density at radius 2 is 0.982 bits per heavy atom. The van der Waals surface area contributed by atoms with Crippen LogP contribution < -0.4 is 26.5 Å². The predicted octanol–water partition coefficient (Wildman–Crippen LogP) is 9.38. The van der Waals surface area contributed by atoms with Gasteiger partial charge in [0.15, 0.2) is 11.3 Å². The summed E-state index contributed by atoms with van der Waals surface area (Å²) >= 11 is 0. The number of hydrogen-bond acceptors (Lipinski definition) is 6. The van der Waals surface area contributed by atoms with E-state index in [0.29, 0.717) is 16.1 Å². The van der Waals surface area contributed by atoms with Crippen LogP contribution in [-0.2, 0) is 16.1 Å². The molecule has 0 aromatic heterocycles. The zero-order valence-corrected chi connectivity index (χ0v) is 30.1. The summed E-state index contributed by atoms with van der Waals surface area (Å²) in [6.07, 6.45) is 0. The van der Waals surface area contributed by atoms with Gasteiger partial charge in [0.25, 0.3) is 0 Å². The zero-order chi connectivity index (χ0) is 37.4. The van der Waals surface area contributed by atoms with E-state index < -0.39 is 11.3 Å². The molecule has 266 valence electrons. The second-order valence-corrected chi connectivity index (χ2v) is 14.6. The molecule has 0 amide bonds. The van der Waals surface area contributed by atoms with E-state index in [1.807, 2.05) is 109 Å². The lowest BCUT2D eigenvalue weighted by molar-refractivity contribution is -0.109. The third kappa shape index (κ3) is 4.50. The Kier molecular flexibility index (Phi) is 6.88. The van der Waals surface area contributed by atoms with Crippen LogP contribution in [0.1, 0.15) is 27.8 Å². The Balaban J connectivity index is 1.17. The van der Waals surface area contributed by atoms with Crippen LogP contribution in [0.4, 0.5) is 17.1 Å². The van der Waals surface area contributed by atoms with Crippen molar-refractivity contribution in [3.63, 3.8) is 0 Å². The van der Waals surface area contributed by atoms with Crippen molar-refractivity contribution in [1.29, 1.82) is 0 Å². The molecular formula is C50H34N4O2. The number of Topliss-reactive ketones (excluding diaryl/α,β-unsaturated/α-hetero) is 1. The van der Waals surface area contributed by atoms with Crippen LogP contribution in [0.25, 0.3) is 32.7 Å². The summed E-state index contributed by atoms with van der Waals surface area (Å²) in [5, 5.41) is 28.9. The Bertz CT molecular complexity index is 2990. The number of hydrogen-bond donors (Lipinski definition) is 4. The molecule has 0 saturated heterocycles. The lowest BCUT2D eigenvalue weighted by Gasteiger charge is -2.43. The Hall–Kier alpha value is -7.44. The van der Waals surface area contributed by atoms with Gasteiger partial charge in [-0.3, -0.25) is 4.79 Å². The lowest BCUT2D eigenvalue weighted by Crippen LogP contribution is -2.47. The molecule has 0 atom stereocenters. The van der Waals surface area contributed by atoms with E-state index >= 15 is 0 Å². The molecule has 6 heteroatoms. The second-order valence-electron chi connectivity index (χ2n) is 14.6. The maximum atomic E-state index is 14.8. The van der Waals surface area contributed by atoms with E-state index in [0.717, 1.165) is 60.9 Å². The first kappa shape index (κ1) is 32.0. The van der Waals surface area contributed by atoms with Gasteiger partial charge in [-0.1, -0.05) is 170 Å². The summed E-state index contributed by atoms with van der Waals surface area (Å²) in [6.45, 7) is 0. The predicted molar refractivity (Wildman–Crippen MR) is 225 cm³/mol. The van der Waals surface area contributed by atoms with E-state index in [2.05, 4.69) is 88.7 Å². The van der Waals surface area contributed by atoms with Crippen molar-refractivity contribution < 1.29 is 9.90 Å². The quantitative estimate of drug-likeness (QED) is 0.142. The highest BCUT2D eigenvalue weighted by Crippen LogP contribution is 2.50. The topological polar surface area (TPSA) is 85.8 Å². The molecule has 8 aromatic rings. The molecule has 0 spiro atoms. The smallest absolute Gasteiger partial charge is 0.201 e. The van der Waals surface area contributed by atoms with Crippen LogP contribution >= 0.6 is 0 Å². The number of anilines is 3. The second kappa shape index (κ2) is 12.0. The van der Waals surface area contributed by atoms with E-state index in [9.17, 15) is 9.90 Å². The minimum atomic E-state index is -0.983. The van der Waals surface area contributed by atoms with Crippen LogP contribution in [0.3, 0.4) is 0 Å². The van der Waals surface area contributed by atoms with Gasteiger partial charge < -0.3 is 21.1 Å². The van der Waals surface area contributed by atoms with Gasteiger partial charge in [0.05, 0.1) is 22.2 Å². The van der Waals surface area contributed by atoms with Crippen molar-refractivity contribution in [2.75, 3.05) is 16.0 Å². The number of nitrogens with one attached hydrogen (secondary N) is 3. The van der Waals surface area contributed by atoms with Gasteiger partial charge in [-0.25, -0.2) is 4.99 Å². The van der Waals surface area contributed by atoms with Crippen molar-refractivity contribution >= 4 is 55.5 Å². The van der Waals surface area contributed by atoms with Crippen LogP contribution in [-0.4, -0.2) is 10.9 Å². The number of benzene rings is 8. The Morgan fingerprint density at radius 3 is 1.55 bits per heavy atom. The molecule has 11 rings (SSSR count). The number of carbonyl (C=O) groups excluding carboxylic acids is 1. The fraction of sp³-hybridized carbons (Fsp3) is 0.0400. The molecule has 0 unspecified atom stereocenters. The van der Waals surface area contributed by atoms with E-state index in [1.54, 1.807) is 0 Å². The molecule has 0 bridgehead atoms. The standard InChI is InChI=1S/C50H34N4O2/c55-47-43(37-29-27-31-15-13-25-39-41(31)45(37)53-49(51-39,33-17-5-1-6-18-33)34-19-7-2-8-20-34)48(56)44(47)38-30-28-32-16-14-26-40-42(32)46(38)54-50(52-40,35-21-9-3-10-22-35)36-23-11-4-12-24-36/h1-30,51-53,55H/b44-38-. The minimum absolute atomic E-state index is 0.0414. The summed E-state index contributed by atoms with van der Waals surface area (Å²) in [5.74, 6) is -0.270. The molecule has 0 saturated carbocycles. The molecule has 0 radical (unpaired) electrons. The summed E-state index contributed by atoms with van der Waals surface area (Å²) in [7, 11) is 0. The molecule has 0 fully saturated rings. The van der Waals surface area contributed by atoms with Gasteiger partial charge >= 0.3 is 0 Å². The molecule has 6 nitrogen and oxygen atoms in total. The normalized spacial score (nSPS) is 17.0. The van der Waals surface area contributed by atoms with Crippen molar-refractivity contribution in [3.8, 4) is 0 Å². The Morgan fingerprint density at radius 1 is 0.464 bits per heavy atom. The fourth-order valence-electron chi connectivity index (χ4n) is 8.95. The number of aliphatic hydroxyl groups is 1. The van der Waals surface area contributed by atoms with Gasteiger partial charge in [-0.05, 0) is 22.9 Å². The van der Waals surface area contributed by atoms with E-state index in [1.165, 1.54) is 0 Å². The molecule has 1 aliphatic carbocycles. The van der Waals surface area contributed by atoms with Crippen molar-refractivity contribution in [2.24, 2.45) is 4.99 Å². The van der Waals surface area contributed by atoms with Gasteiger partial charge in [-0.2, -0.15) is 0 Å². The first-order chi connectivity index (χ1) is 27.6. The molecule has 3 aliphatic rings. The van der Waals surface area contributed by atoms with Crippen LogP contribution in [0.15, 0.2) is 193 Å².